The molecule has 7 heteroatoms. The minimum atomic E-state index is -3.67. The van der Waals surface area contributed by atoms with Crippen LogP contribution in [0, 0.1) is 5.92 Å². The number of nitrogens with two attached hydrogens (primary N) is 1. The lowest BCUT2D eigenvalue weighted by Gasteiger charge is -2.26. The van der Waals surface area contributed by atoms with Gasteiger partial charge in [0.2, 0.25) is 10.0 Å². The van der Waals surface area contributed by atoms with Crippen LogP contribution in [0.25, 0.3) is 0 Å². The predicted octanol–water partition coefficient (Wildman–Crippen LogP) is 1.60. The lowest BCUT2D eigenvalue weighted by molar-refractivity contribution is 0.0997. The fraction of sp³-hybridized carbons (Fsp3) is 0.533. The molecule has 0 radical (unpaired) electrons. The standard InChI is InChI=1S/C15H22N2O4S/c1-10(2)17(9-11-4-5-11)22(19,20)12-6-7-14(21-3)13(8-12)15(16)18/h6-8,10-11H,4-5,9H2,1-3H3,(H2,16,18). The Kier molecular flexibility index (Phi) is 4.77. The van der Waals surface area contributed by atoms with Crippen LogP contribution in [0.5, 0.6) is 5.75 Å². The number of benzene rings is 1. The molecule has 0 bridgehead atoms. The first-order valence-corrected chi connectivity index (χ1v) is 8.71. The Hall–Kier alpha value is -1.60. The van der Waals surface area contributed by atoms with E-state index in [9.17, 15) is 13.2 Å². The summed E-state index contributed by atoms with van der Waals surface area (Å²) in [6.07, 6.45) is 2.13. The molecular weight excluding hydrogens is 304 g/mol. The van der Waals surface area contributed by atoms with Gasteiger partial charge < -0.3 is 10.5 Å². The van der Waals surface area contributed by atoms with Crippen LogP contribution < -0.4 is 10.5 Å². The average molecular weight is 326 g/mol. The number of hydrogen-bond donors (Lipinski definition) is 1. The van der Waals surface area contributed by atoms with Crippen molar-refractivity contribution in [3.63, 3.8) is 0 Å². The first kappa shape index (κ1) is 16.8. The molecule has 0 atom stereocenters. The molecule has 1 aliphatic carbocycles. The highest BCUT2D eigenvalue weighted by molar-refractivity contribution is 7.89. The van der Waals surface area contributed by atoms with Crippen molar-refractivity contribution >= 4 is 15.9 Å². The smallest absolute Gasteiger partial charge is 0.252 e. The van der Waals surface area contributed by atoms with E-state index >= 15 is 0 Å². The summed E-state index contributed by atoms with van der Waals surface area (Å²) in [5.74, 6) is -0.0111. The number of carbonyl (C=O) groups excluding carboxylic acids is 1. The maximum absolute atomic E-state index is 12.8. The zero-order chi connectivity index (χ0) is 16.5. The SMILES string of the molecule is COc1ccc(S(=O)(=O)N(CC2CC2)C(C)C)cc1C(N)=O. The molecule has 1 aromatic rings. The lowest BCUT2D eigenvalue weighted by Crippen LogP contribution is -2.38. The second-order valence-electron chi connectivity index (χ2n) is 5.84. The van der Waals surface area contributed by atoms with Gasteiger partial charge >= 0.3 is 0 Å². The zero-order valence-electron chi connectivity index (χ0n) is 13.1. The number of ether oxygens (including phenoxy) is 1. The van der Waals surface area contributed by atoms with E-state index in [1.54, 1.807) is 0 Å². The Labute approximate surface area is 131 Å². The van der Waals surface area contributed by atoms with Crippen molar-refractivity contribution in [3.05, 3.63) is 23.8 Å². The summed E-state index contributed by atoms with van der Waals surface area (Å²) in [7, 11) is -2.26. The Balaban J connectivity index is 2.42. The van der Waals surface area contributed by atoms with Crippen LogP contribution in [-0.4, -0.2) is 38.3 Å². The predicted molar refractivity (Wildman–Crippen MR) is 83.3 cm³/mol. The molecule has 6 nitrogen and oxygen atoms in total. The molecule has 0 aromatic heterocycles. The number of methoxy groups -OCH3 is 1. The molecule has 1 saturated carbocycles. The van der Waals surface area contributed by atoms with E-state index in [2.05, 4.69) is 0 Å². The highest BCUT2D eigenvalue weighted by Gasteiger charge is 2.33. The van der Waals surface area contributed by atoms with Gasteiger partial charge in [-0.2, -0.15) is 4.31 Å². The van der Waals surface area contributed by atoms with Crippen LogP contribution >= 0.6 is 0 Å². The maximum atomic E-state index is 12.8. The minimum Gasteiger partial charge on any atom is -0.496 e. The van der Waals surface area contributed by atoms with Crippen molar-refractivity contribution in [1.82, 2.24) is 4.31 Å². The molecule has 122 valence electrons. The van der Waals surface area contributed by atoms with Gasteiger partial charge in [0.15, 0.2) is 0 Å². The van der Waals surface area contributed by atoms with Crippen LogP contribution in [0.3, 0.4) is 0 Å². The van der Waals surface area contributed by atoms with Gasteiger partial charge in [0.1, 0.15) is 5.75 Å². The van der Waals surface area contributed by atoms with Crippen LogP contribution in [0.15, 0.2) is 23.1 Å². The van der Waals surface area contributed by atoms with E-state index in [-0.39, 0.29) is 22.3 Å². The number of sulfonamides is 1. The van der Waals surface area contributed by atoms with E-state index in [1.165, 1.54) is 29.6 Å². The van der Waals surface area contributed by atoms with Crippen molar-refractivity contribution < 1.29 is 17.9 Å². The number of hydrogen-bond acceptors (Lipinski definition) is 4. The van der Waals surface area contributed by atoms with E-state index in [1.807, 2.05) is 13.8 Å². The number of carbonyl (C=O) groups is 1. The quantitative estimate of drug-likeness (QED) is 0.824. The van der Waals surface area contributed by atoms with Crippen molar-refractivity contribution in [3.8, 4) is 5.75 Å². The fourth-order valence-electron chi connectivity index (χ4n) is 2.32. The van der Waals surface area contributed by atoms with E-state index in [4.69, 9.17) is 10.5 Å². The molecule has 1 aromatic carbocycles. The third-order valence-electron chi connectivity index (χ3n) is 3.75. The third-order valence-corrected chi connectivity index (χ3v) is 5.79. The monoisotopic (exact) mass is 326 g/mol. The minimum absolute atomic E-state index is 0.0662. The van der Waals surface area contributed by atoms with Gasteiger partial charge in [-0.15, -0.1) is 0 Å². The summed E-state index contributed by atoms with van der Waals surface area (Å²) < 4.78 is 32.2. The van der Waals surface area contributed by atoms with Crippen LogP contribution in [0.2, 0.25) is 0 Å². The topological polar surface area (TPSA) is 89.7 Å². The van der Waals surface area contributed by atoms with Crippen molar-refractivity contribution in [2.75, 3.05) is 13.7 Å². The average Bonchev–Trinajstić information content (AvgIpc) is 3.27. The summed E-state index contributed by atoms with van der Waals surface area (Å²) in [5, 5.41) is 0. The molecular formula is C15H22N2O4S. The van der Waals surface area contributed by atoms with Crippen molar-refractivity contribution in [2.24, 2.45) is 11.7 Å². The second-order valence-corrected chi connectivity index (χ2v) is 7.73. The lowest BCUT2D eigenvalue weighted by atomic mass is 10.2. The molecule has 1 fully saturated rings. The summed E-state index contributed by atoms with van der Waals surface area (Å²) in [4.78, 5) is 11.6. The first-order chi connectivity index (χ1) is 10.3. The number of nitrogens with zero attached hydrogens (tertiary/aromatic N) is 1. The molecule has 0 saturated heterocycles. The van der Waals surface area contributed by atoms with Gasteiger partial charge in [-0.05, 0) is 50.8 Å². The van der Waals surface area contributed by atoms with Crippen LogP contribution in [-0.2, 0) is 10.0 Å². The highest BCUT2D eigenvalue weighted by Crippen LogP contribution is 2.33. The number of amides is 1. The molecule has 0 aliphatic heterocycles. The van der Waals surface area contributed by atoms with Gasteiger partial charge in [-0.1, -0.05) is 0 Å². The third kappa shape index (κ3) is 3.41. The Bertz CT molecular complexity index is 666. The number of rotatable bonds is 7. The van der Waals surface area contributed by atoms with Gasteiger partial charge in [0, 0.05) is 12.6 Å². The zero-order valence-corrected chi connectivity index (χ0v) is 13.9. The van der Waals surface area contributed by atoms with Gasteiger partial charge in [-0.3, -0.25) is 4.79 Å². The van der Waals surface area contributed by atoms with Crippen molar-refractivity contribution in [2.45, 2.75) is 37.6 Å². The Morgan fingerprint density at radius 1 is 1.41 bits per heavy atom. The largest absolute Gasteiger partial charge is 0.496 e. The normalized spacial score (nSPS) is 15.3. The molecule has 0 spiro atoms. The molecule has 2 N–H and O–H groups in total. The van der Waals surface area contributed by atoms with Crippen LogP contribution in [0.1, 0.15) is 37.0 Å². The molecule has 2 rings (SSSR count). The fourth-order valence-corrected chi connectivity index (χ4v) is 4.06. The first-order valence-electron chi connectivity index (χ1n) is 7.27. The molecule has 22 heavy (non-hydrogen) atoms. The van der Waals surface area contributed by atoms with E-state index in [0.29, 0.717) is 12.5 Å². The molecule has 0 unspecified atom stereocenters. The van der Waals surface area contributed by atoms with Crippen LogP contribution in [0.4, 0.5) is 0 Å². The Morgan fingerprint density at radius 2 is 2.05 bits per heavy atom. The Morgan fingerprint density at radius 3 is 2.50 bits per heavy atom. The molecule has 1 aliphatic rings. The summed E-state index contributed by atoms with van der Waals surface area (Å²) in [6, 6.07) is 4.05. The molecule has 0 heterocycles. The summed E-state index contributed by atoms with van der Waals surface area (Å²) in [5.41, 5.74) is 5.37. The van der Waals surface area contributed by atoms with Gasteiger partial charge in [0.05, 0.1) is 17.6 Å². The van der Waals surface area contributed by atoms with E-state index in [0.717, 1.165) is 12.8 Å². The second kappa shape index (κ2) is 6.26. The summed E-state index contributed by atoms with van der Waals surface area (Å²) >= 11 is 0. The summed E-state index contributed by atoms with van der Waals surface area (Å²) in [6.45, 7) is 4.20. The highest BCUT2D eigenvalue weighted by atomic mass is 32.2. The van der Waals surface area contributed by atoms with Gasteiger partial charge in [-0.25, -0.2) is 8.42 Å². The maximum Gasteiger partial charge on any atom is 0.252 e. The van der Waals surface area contributed by atoms with Gasteiger partial charge in [0.25, 0.3) is 5.91 Å². The molecule has 1 amide bonds. The number of primary amides is 1. The van der Waals surface area contributed by atoms with E-state index < -0.39 is 15.9 Å². The van der Waals surface area contributed by atoms with Crippen molar-refractivity contribution in [1.29, 1.82) is 0 Å².